The minimum Gasteiger partial charge on any atom is -0.396 e. The van der Waals surface area contributed by atoms with Gasteiger partial charge in [0.25, 0.3) is 10.0 Å². The standard InChI is InChI=1S/C11H18N4O4S2/c1-8(17)12-10-13-14-11(20-10)21(18,19)15-6-3-2-4-9(15)5-7-16/h9,16H,2-7H2,1H3,(H,12,13,17). The largest absolute Gasteiger partial charge is 0.396 e. The third kappa shape index (κ3) is 3.76. The summed E-state index contributed by atoms with van der Waals surface area (Å²) in [7, 11) is -3.73. The van der Waals surface area contributed by atoms with Gasteiger partial charge >= 0.3 is 0 Å². The maximum absolute atomic E-state index is 12.6. The normalized spacial score (nSPS) is 20.4. The second kappa shape index (κ2) is 6.77. The number of nitrogens with one attached hydrogen (secondary N) is 1. The Labute approximate surface area is 127 Å². The number of carbonyl (C=O) groups is 1. The van der Waals surface area contributed by atoms with Gasteiger partial charge in [0.1, 0.15) is 0 Å². The van der Waals surface area contributed by atoms with Gasteiger partial charge in [-0.2, -0.15) is 4.31 Å². The first-order valence-electron chi connectivity index (χ1n) is 6.69. The molecule has 21 heavy (non-hydrogen) atoms. The summed E-state index contributed by atoms with van der Waals surface area (Å²) in [6.45, 7) is 1.68. The van der Waals surface area contributed by atoms with Gasteiger partial charge in [0.15, 0.2) is 0 Å². The molecule has 0 bridgehead atoms. The number of nitrogens with zero attached hydrogens (tertiary/aromatic N) is 3. The predicted molar refractivity (Wildman–Crippen MR) is 77.4 cm³/mol. The van der Waals surface area contributed by atoms with E-state index in [0.29, 0.717) is 13.0 Å². The fourth-order valence-electron chi connectivity index (χ4n) is 2.34. The number of aromatic nitrogens is 2. The Balaban J connectivity index is 2.23. The number of anilines is 1. The molecule has 2 heterocycles. The van der Waals surface area contributed by atoms with Crippen molar-refractivity contribution in [3.63, 3.8) is 0 Å². The van der Waals surface area contributed by atoms with Gasteiger partial charge in [-0.25, -0.2) is 8.42 Å². The lowest BCUT2D eigenvalue weighted by atomic mass is 10.0. The highest BCUT2D eigenvalue weighted by molar-refractivity contribution is 7.91. The van der Waals surface area contributed by atoms with Gasteiger partial charge in [0.2, 0.25) is 15.4 Å². The Morgan fingerprint density at radius 2 is 2.24 bits per heavy atom. The highest BCUT2D eigenvalue weighted by Gasteiger charge is 2.35. The maximum atomic E-state index is 12.6. The van der Waals surface area contributed by atoms with Crippen LogP contribution in [0.15, 0.2) is 4.34 Å². The van der Waals surface area contributed by atoms with Crippen LogP contribution in [-0.2, 0) is 14.8 Å². The second-order valence-corrected chi connectivity index (χ2v) is 7.87. The van der Waals surface area contributed by atoms with E-state index in [1.54, 1.807) is 0 Å². The van der Waals surface area contributed by atoms with Crippen LogP contribution in [0.1, 0.15) is 32.6 Å². The molecule has 1 aromatic heterocycles. The van der Waals surface area contributed by atoms with Gasteiger partial charge < -0.3 is 10.4 Å². The first-order valence-corrected chi connectivity index (χ1v) is 8.94. The van der Waals surface area contributed by atoms with Crippen molar-refractivity contribution < 1.29 is 18.3 Å². The van der Waals surface area contributed by atoms with Crippen LogP contribution in [0.2, 0.25) is 0 Å². The quantitative estimate of drug-likeness (QED) is 0.755. The van der Waals surface area contributed by atoms with Gasteiger partial charge in [-0.15, -0.1) is 10.2 Å². The fourth-order valence-corrected chi connectivity index (χ4v) is 5.13. The van der Waals surface area contributed by atoms with Crippen LogP contribution < -0.4 is 5.32 Å². The molecule has 10 heteroatoms. The molecule has 1 aliphatic rings. The molecule has 8 nitrogen and oxygen atoms in total. The summed E-state index contributed by atoms with van der Waals surface area (Å²) < 4.78 is 26.5. The lowest BCUT2D eigenvalue weighted by Gasteiger charge is -2.33. The molecule has 1 aromatic rings. The minimum absolute atomic E-state index is 0.0516. The highest BCUT2D eigenvalue weighted by atomic mass is 32.2. The number of hydrogen-bond donors (Lipinski definition) is 2. The van der Waals surface area contributed by atoms with Gasteiger partial charge in [0, 0.05) is 26.1 Å². The minimum atomic E-state index is -3.73. The van der Waals surface area contributed by atoms with Crippen molar-refractivity contribution in [2.75, 3.05) is 18.5 Å². The molecule has 0 radical (unpaired) electrons. The summed E-state index contributed by atoms with van der Waals surface area (Å²) in [6.07, 6.45) is 2.89. The van der Waals surface area contributed by atoms with Crippen molar-refractivity contribution in [3.8, 4) is 0 Å². The summed E-state index contributed by atoms with van der Waals surface area (Å²) in [5.74, 6) is -0.328. The van der Waals surface area contributed by atoms with Crippen LogP contribution in [0.25, 0.3) is 0 Å². The monoisotopic (exact) mass is 334 g/mol. The first kappa shape index (κ1) is 16.3. The van der Waals surface area contributed by atoms with Crippen LogP contribution >= 0.6 is 11.3 Å². The van der Waals surface area contributed by atoms with E-state index in [9.17, 15) is 13.2 Å². The molecule has 2 N–H and O–H groups in total. The molecule has 0 aliphatic carbocycles. The van der Waals surface area contributed by atoms with E-state index < -0.39 is 10.0 Å². The predicted octanol–water partition coefficient (Wildman–Crippen LogP) is 0.422. The lowest BCUT2D eigenvalue weighted by Crippen LogP contribution is -2.44. The zero-order valence-electron chi connectivity index (χ0n) is 11.7. The topological polar surface area (TPSA) is 112 Å². The van der Waals surface area contributed by atoms with Crippen LogP contribution in [0.3, 0.4) is 0 Å². The fraction of sp³-hybridized carbons (Fsp3) is 0.727. The van der Waals surface area contributed by atoms with Gasteiger partial charge in [-0.3, -0.25) is 4.79 Å². The number of amides is 1. The summed E-state index contributed by atoms with van der Waals surface area (Å²) >= 11 is 0.836. The molecule has 1 atom stereocenters. The van der Waals surface area contributed by atoms with Crippen LogP contribution in [0.4, 0.5) is 5.13 Å². The van der Waals surface area contributed by atoms with E-state index in [-0.39, 0.29) is 28.0 Å². The lowest BCUT2D eigenvalue weighted by molar-refractivity contribution is -0.114. The smallest absolute Gasteiger partial charge is 0.272 e. The zero-order chi connectivity index (χ0) is 15.5. The first-order chi connectivity index (χ1) is 9.95. The molecular weight excluding hydrogens is 316 g/mol. The number of aliphatic hydroxyl groups is 1. The Morgan fingerprint density at radius 1 is 1.48 bits per heavy atom. The molecule has 118 valence electrons. The zero-order valence-corrected chi connectivity index (χ0v) is 13.3. The van der Waals surface area contributed by atoms with Gasteiger partial charge in [0.05, 0.1) is 0 Å². The molecule has 0 saturated carbocycles. The Morgan fingerprint density at radius 3 is 2.90 bits per heavy atom. The summed E-state index contributed by atoms with van der Waals surface area (Å²) in [4.78, 5) is 11.0. The number of sulfonamides is 1. The van der Waals surface area contributed by atoms with Crippen LogP contribution in [0, 0.1) is 0 Å². The SMILES string of the molecule is CC(=O)Nc1nnc(S(=O)(=O)N2CCCCC2CCO)s1. The van der Waals surface area contributed by atoms with Crippen molar-refractivity contribution >= 4 is 32.4 Å². The second-order valence-electron chi connectivity index (χ2n) is 4.83. The number of rotatable bonds is 5. The Bertz CT molecular complexity index is 599. The van der Waals surface area contributed by atoms with Crippen molar-refractivity contribution in [1.82, 2.24) is 14.5 Å². The molecule has 0 aromatic carbocycles. The number of piperidine rings is 1. The summed E-state index contributed by atoms with van der Waals surface area (Å²) in [5.41, 5.74) is 0. The molecular formula is C11H18N4O4S2. The van der Waals surface area contributed by atoms with Crippen molar-refractivity contribution in [1.29, 1.82) is 0 Å². The van der Waals surface area contributed by atoms with Crippen molar-refractivity contribution in [2.45, 2.75) is 43.0 Å². The third-order valence-electron chi connectivity index (χ3n) is 3.25. The van der Waals surface area contributed by atoms with E-state index in [4.69, 9.17) is 5.11 Å². The molecule has 1 saturated heterocycles. The van der Waals surface area contributed by atoms with E-state index in [0.717, 1.165) is 30.6 Å². The summed E-state index contributed by atoms with van der Waals surface area (Å²) in [5, 5.41) is 19.0. The average Bonchev–Trinajstić information content (AvgIpc) is 2.88. The van der Waals surface area contributed by atoms with E-state index in [1.807, 2.05) is 0 Å². The van der Waals surface area contributed by atoms with Crippen LogP contribution in [-0.4, -0.2) is 53.1 Å². The van der Waals surface area contributed by atoms with E-state index >= 15 is 0 Å². The maximum Gasteiger partial charge on any atom is 0.272 e. The average molecular weight is 334 g/mol. The van der Waals surface area contributed by atoms with E-state index in [2.05, 4.69) is 15.5 Å². The Hall–Kier alpha value is -1.10. The summed E-state index contributed by atoms with van der Waals surface area (Å²) in [6, 6.07) is -0.207. The van der Waals surface area contributed by atoms with Gasteiger partial charge in [-0.1, -0.05) is 17.8 Å². The third-order valence-corrected chi connectivity index (χ3v) is 6.39. The number of carbonyl (C=O) groups excluding carboxylic acids is 1. The molecule has 1 fully saturated rings. The van der Waals surface area contributed by atoms with Gasteiger partial charge in [-0.05, 0) is 19.3 Å². The van der Waals surface area contributed by atoms with Crippen molar-refractivity contribution in [2.24, 2.45) is 0 Å². The highest BCUT2D eigenvalue weighted by Crippen LogP contribution is 2.29. The number of hydrogen-bond acceptors (Lipinski definition) is 7. The van der Waals surface area contributed by atoms with Crippen molar-refractivity contribution in [3.05, 3.63) is 0 Å². The molecule has 0 spiro atoms. The molecule has 2 rings (SSSR count). The molecule has 1 unspecified atom stereocenters. The number of aliphatic hydroxyl groups excluding tert-OH is 1. The molecule has 1 aliphatic heterocycles. The molecule has 1 amide bonds. The van der Waals surface area contributed by atoms with Crippen LogP contribution in [0.5, 0.6) is 0 Å². The Kier molecular flexibility index (Phi) is 5.25. The van der Waals surface area contributed by atoms with E-state index in [1.165, 1.54) is 11.2 Å².